The van der Waals surface area contributed by atoms with Crippen LogP contribution in [-0.2, 0) is 9.53 Å². The topological polar surface area (TPSA) is 89.3 Å². The first-order valence-corrected chi connectivity index (χ1v) is 5.83. The lowest BCUT2D eigenvalue weighted by atomic mass is 10.0. The minimum Gasteiger partial charge on any atom is -0.467 e. The zero-order valence-corrected chi connectivity index (χ0v) is 10.9. The number of hydrogen-bond acceptors (Lipinski definition) is 6. The smallest absolute Gasteiger partial charge is 0.328 e. The zero-order chi connectivity index (χ0) is 13.5. The number of nitrogens with two attached hydrogens (primary N) is 1. The van der Waals surface area contributed by atoms with E-state index in [9.17, 15) is 4.79 Å². The van der Waals surface area contributed by atoms with E-state index in [1.807, 2.05) is 0 Å². The van der Waals surface area contributed by atoms with Crippen molar-refractivity contribution in [3.8, 4) is 0 Å². The highest BCUT2D eigenvalue weighted by molar-refractivity contribution is 5.79. The minimum atomic E-state index is -0.372. The number of carbonyl (C=O) groups is 1. The van der Waals surface area contributed by atoms with Gasteiger partial charge in [0.1, 0.15) is 11.9 Å². The number of pyridine rings is 1. The molecular weight excluding hydrogens is 232 g/mol. The van der Waals surface area contributed by atoms with E-state index in [2.05, 4.69) is 29.6 Å². The van der Waals surface area contributed by atoms with Crippen LogP contribution in [0.1, 0.15) is 20.3 Å². The van der Waals surface area contributed by atoms with Crippen LogP contribution in [0.15, 0.2) is 18.3 Å². The summed E-state index contributed by atoms with van der Waals surface area (Å²) in [5.41, 5.74) is 3.23. The van der Waals surface area contributed by atoms with Crippen molar-refractivity contribution < 1.29 is 9.53 Å². The van der Waals surface area contributed by atoms with Crippen LogP contribution in [0.3, 0.4) is 0 Å². The molecule has 4 N–H and O–H groups in total. The Bertz CT molecular complexity index is 395. The number of hydrogen-bond donors (Lipinski definition) is 3. The molecule has 0 amide bonds. The van der Waals surface area contributed by atoms with E-state index < -0.39 is 0 Å². The molecular formula is C12H20N4O2. The van der Waals surface area contributed by atoms with Gasteiger partial charge in [-0.05, 0) is 18.4 Å². The standard InChI is InChI=1S/C12H20N4O2/c1-8(2)6-10(12(17)18-3)15-9-4-5-14-11(7-9)16-13/h4-5,7-8,10H,6,13H2,1-3H3,(H2,14,15,16). The van der Waals surface area contributed by atoms with Crippen molar-refractivity contribution in [2.45, 2.75) is 26.3 Å². The van der Waals surface area contributed by atoms with E-state index in [4.69, 9.17) is 10.6 Å². The third-order valence-corrected chi connectivity index (χ3v) is 2.44. The number of ether oxygens (including phenoxy) is 1. The number of methoxy groups -OCH3 is 1. The predicted octanol–water partition coefficient (Wildman–Crippen LogP) is 1.37. The zero-order valence-electron chi connectivity index (χ0n) is 10.9. The summed E-state index contributed by atoms with van der Waals surface area (Å²) in [4.78, 5) is 15.7. The van der Waals surface area contributed by atoms with E-state index in [1.165, 1.54) is 7.11 Å². The Labute approximate surface area is 107 Å². The number of nitrogen functional groups attached to an aromatic ring is 1. The Morgan fingerprint density at radius 2 is 2.28 bits per heavy atom. The number of carbonyl (C=O) groups excluding carboxylic acids is 1. The Morgan fingerprint density at radius 3 is 2.83 bits per heavy atom. The van der Waals surface area contributed by atoms with Gasteiger partial charge in [-0.25, -0.2) is 15.6 Å². The van der Waals surface area contributed by atoms with Gasteiger partial charge in [0, 0.05) is 18.0 Å². The Balaban J connectivity index is 2.78. The lowest BCUT2D eigenvalue weighted by Crippen LogP contribution is -2.32. The number of hydrazine groups is 1. The summed E-state index contributed by atoms with van der Waals surface area (Å²) in [6, 6.07) is 3.14. The molecule has 100 valence electrons. The predicted molar refractivity (Wildman–Crippen MR) is 70.9 cm³/mol. The van der Waals surface area contributed by atoms with Crippen LogP contribution in [0.25, 0.3) is 0 Å². The molecule has 1 heterocycles. The maximum atomic E-state index is 11.7. The average Bonchev–Trinajstić information content (AvgIpc) is 2.36. The van der Waals surface area contributed by atoms with Crippen LogP contribution in [0.4, 0.5) is 11.5 Å². The lowest BCUT2D eigenvalue weighted by molar-refractivity contribution is -0.141. The first-order valence-electron chi connectivity index (χ1n) is 5.83. The molecule has 1 rings (SSSR count). The Morgan fingerprint density at radius 1 is 1.56 bits per heavy atom. The normalized spacial score (nSPS) is 12.1. The van der Waals surface area contributed by atoms with Gasteiger partial charge in [0.2, 0.25) is 0 Å². The summed E-state index contributed by atoms with van der Waals surface area (Å²) in [6.07, 6.45) is 2.31. The van der Waals surface area contributed by atoms with Crippen molar-refractivity contribution in [2.24, 2.45) is 11.8 Å². The molecule has 0 aliphatic carbocycles. The molecule has 0 spiro atoms. The van der Waals surface area contributed by atoms with Gasteiger partial charge in [0.05, 0.1) is 7.11 Å². The van der Waals surface area contributed by atoms with Gasteiger partial charge in [-0.2, -0.15) is 0 Å². The van der Waals surface area contributed by atoms with Crippen molar-refractivity contribution >= 4 is 17.5 Å². The van der Waals surface area contributed by atoms with E-state index in [0.29, 0.717) is 18.2 Å². The lowest BCUT2D eigenvalue weighted by Gasteiger charge is -2.19. The highest BCUT2D eigenvalue weighted by Gasteiger charge is 2.20. The van der Waals surface area contributed by atoms with Gasteiger partial charge in [0.25, 0.3) is 0 Å². The van der Waals surface area contributed by atoms with Crippen molar-refractivity contribution in [3.63, 3.8) is 0 Å². The van der Waals surface area contributed by atoms with Crippen LogP contribution in [0.5, 0.6) is 0 Å². The molecule has 0 aliphatic rings. The van der Waals surface area contributed by atoms with E-state index >= 15 is 0 Å². The SMILES string of the molecule is COC(=O)C(CC(C)C)Nc1ccnc(NN)c1. The Hall–Kier alpha value is -1.82. The Kier molecular flexibility index (Phi) is 5.38. The number of nitrogens with one attached hydrogen (secondary N) is 2. The fourth-order valence-corrected chi connectivity index (χ4v) is 1.63. The van der Waals surface area contributed by atoms with Crippen molar-refractivity contribution in [1.82, 2.24) is 4.98 Å². The first kappa shape index (κ1) is 14.2. The largest absolute Gasteiger partial charge is 0.467 e. The fourth-order valence-electron chi connectivity index (χ4n) is 1.63. The van der Waals surface area contributed by atoms with Crippen LogP contribution in [0.2, 0.25) is 0 Å². The maximum Gasteiger partial charge on any atom is 0.328 e. The molecule has 0 radical (unpaired) electrons. The minimum absolute atomic E-state index is 0.275. The van der Waals surface area contributed by atoms with Crippen LogP contribution in [0, 0.1) is 5.92 Å². The molecule has 0 aliphatic heterocycles. The van der Waals surface area contributed by atoms with Gasteiger partial charge in [-0.1, -0.05) is 13.8 Å². The van der Waals surface area contributed by atoms with Gasteiger partial charge >= 0.3 is 5.97 Å². The maximum absolute atomic E-state index is 11.7. The average molecular weight is 252 g/mol. The van der Waals surface area contributed by atoms with Gasteiger partial charge in [-0.15, -0.1) is 0 Å². The molecule has 1 aromatic heterocycles. The molecule has 0 bridgehead atoms. The summed E-state index contributed by atoms with van der Waals surface area (Å²) < 4.78 is 4.78. The molecule has 18 heavy (non-hydrogen) atoms. The monoisotopic (exact) mass is 252 g/mol. The summed E-state index contributed by atoms with van der Waals surface area (Å²) in [7, 11) is 1.39. The molecule has 0 saturated carbocycles. The van der Waals surface area contributed by atoms with E-state index in [0.717, 1.165) is 5.69 Å². The third-order valence-electron chi connectivity index (χ3n) is 2.44. The second-order valence-corrected chi connectivity index (χ2v) is 4.42. The molecule has 1 aromatic rings. The number of rotatable bonds is 6. The third kappa shape index (κ3) is 4.21. The van der Waals surface area contributed by atoms with Crippen molar-refractivity contribution in [3.05, 3.63) is 18.3 Å². The van der Waals surface area contributed by atoms with E-state index in [-0.39, 0.29) is 12.0 Å². The second-order valence-electron chi connectivity index (χ2n) is 4.42. The number of anilines is 2. The number of nitrogens with zero attached hydrogens (tertiary/aromatic N) is 1. The van der Waals surface area contributed by atoms with Crippen LogP contribution >= 0.6 is 0 Å². The summed E-state index contributed by atoms with van der Waals surface area (Å²) in [5, 5.41) is 3.13. The van der Waals surface area contributed by atoms with E-state index in [1.54, 1.807) is 18.3 Å². The fraction of sp³-hybridized carbons (Fsp3) is 0.500. The molecule has 0 saturated heterocycles. The van der Waals surface area contributed by atoms with Gasteiger partial charge in [-0.3, -0.25) is 0 Å². The molecule has 0 fully saturated rings. The molecule has 0 aromatic carbocycles. The summed E-state index contributed by atoms with van der Waals surface area (Å²) in [5.74, 6) is 5.93. The summed E-state index contributed by atoms with van der Waals surface area (Å²) in [6.45, 7) is 4.11. The molecule has 6 nitrogen and oxygen atoms in total. The highest BCUT2D eigenvalue weighted by atomic mass is 16.5. The molecule has 1 atom stereocenters. The quantitative estimate of drug-likeness (QED) is 0.402. The number of aromatic nitrogens is 1. The van der Waals surface area contributed by atoms with Gasteiger partial charge < -0.3 is 15.5 Å². The van der Waals surface area contributed by atoms with Crippen molar-refractivity contribution in [2.75, 3.05) is 17.9 Å². The van der Waals surface area contributed by atoms with Crippen molar-refractivity contribution in [1.29, 1.82) is 0 Å². The number of esters is 1. The highest BCUT2D eigenvalue weighted by Crippen LogP contribution is 2.16. The first-order chi connectivity index (χ1) is 8.56. The second kappa shape index (κ2) is 6.80. The van der Waals surface area contributed by atoms with Gasteiger partial charge in [0.15, 0.2) is 0 Å². The van der Waals surface area contributed by atoms with Crippen LogP contribution < -0.4 is 16.6 Å². The van der Waals surface area contributed by atoms with Crippen LogP contribution in [-0.4, -0.2) is 24.1 Å². The molecule has 1 unspecified atom stereocenters. The molecule has 6 heteroatoms. The summed E-state index contributed by atoms with van der Waals surface area (Å²) >= 11 is 0.